The van der Waals surface area contributed by atoms with Gasteiger partial charge in [0.15, 0.2) is 6.10 Å². The van der Waals surface area contributed by atoms with Crippen LogP contribution in [0, 0.1) is 0 Å². The summed E-state index contributed by atoms with van der Waals surface area (Å²) in [6.45, 7) is 1.63. The van der Waals surface area contributed by atoms with E-state index in [4.69, 9.17) is 16.3 Å². The highest BCUT2D eigenvalue weighted by Gasteiger charge is 2.15. The first kappa shape index (κ1) is 15.1. The van der Waals surface area contributed by atoms with E-state index in [1.165, 1.54) is 0 Å². The standard InChI is InChI=1S/C16H14ClNO3/c1-11(21-15-7-2-4-12(8-15)10-19)16(20)18-14-6-3-5-13(17)9-14/h2-11H,1H3,(H,18,20). The highest BCUT2D eigenvalue weighted by molar-refractivity contribution is 6.30. The number of anilines is 1. The Morgan fingerprint density at radius 1 is 1.24 bits per heavy atom. The van der Waals surface area contributed by atoms with Gasteiger partial charge in [0.1, 0.15) is 12.0 Å². The number of carbonyl (C=O) groups excluding carboxylic acids is 2. The average Bonchev–Trinajstić information content (AvgIpc) is 2.47. The number of ether oxygens (including phenoxy) is 1. The Hall–Kier alpha value is -2.33. The van der Waals surface area contributed by atoms with Crippen LogP contribution in [0.15, 0.2) is 48.5 Å². The average molecular weight is 304 g/mol. The number of nitrogens with one attached hydrogen (secondary N) is 1. The summed E-state index contributed by atoms with van der Waals surface area (Å²) in [6, 6.07) is 13.5. The number of hydrogen-bond donors (Lipinski definition) is 1. The van der Waals surface area contributed by atoms with Crippen molar-refractivity contribution in [3.8, 4) is 5.75 Å². The minimum Gasteiger partial charge on any atom is -0.481 e. The Balaban J connectivity index is 2.00. The molecule has 2 aromatic rings. The zero-order valence-corrected chi connectivity index (χ0v) is 12.1. The fourth-order valence-corrected chi connectivity index (χ4v) is 1.92. The molecule has 1 unspecified atom stereocenters. The molecule has 5 heteroatoms. The number of halogens is 1. The Bertz CT molecular complexity index is 657. The molecule has 0 heterocycles. The normalized spacial score (nSPS) is 11.5. The number of benzene rings is 2. The van der Waals surface area contributed by atoms with Crippen LogP contribution < -0.4 is 10.1 Å². The van der Waals surface area contributed by atoms with Crippen LogP contribution in [0.2, 0.25) is 5.02 Å². The number of carbonyl (C=O) groups is 2. The Kier molecular flexibility index (Phi) is 4.95. The van der Waals surface area contributed by atoms with Crippen LogP contribution >= 0.6 is 11.6 Å². The molecular weight excluding hydrogens is 290 g/mol. The first-order valence-electron chi connectivity index (χ1n) is 6.37. The van der Waals surface area contributed by atoms with Crippen LogP contribution in [-0.2, 0) is 4.79 Å². The molecule has 1 atom stereocenters. The number of hydrogen-bond acceptors (Lipinski definition) is 3. The van der Waals surface area contributed by atoms with Gasteiger partial charge in [-0.2, -0.15) is 0 Å². The number of amides is 1. The topological polar surface area (TPSA) is 55.4 Å². The van der Waals surface area contributed by atoms with E-state index in [-0.39, 0.29) is 5.91 Å². The monoisotopic (exact) mass is 303 g/mol. The third-order valence-electron chi connectivity index (χ3n) is 2.77. The van der Waals surface area contributed by atoms with Crippen LogP contribution in [0.25, 0.3) is 0 Å². The van der Waals surface area contributed by atoms with Gasteiger partial charge in [-0.25, -0.2) is 0 Å². The van der Waals surface area contributed by atoms with Crippen LogP contribution in [0.4, 0.5) is 5.69 Å². The molecule has 0 aliphatic carbocycles. The summed E-state index contributed by atoms with van der Waals surface area (Å²) in [5.74, 6) is 0.169. The van der Waals surface area contributed by atoms with Crippen LogP contribution in [0.3, 0.4) is 0 Å². The number of aldehydes is 1. The lowest BCUT2D eigenvalue weighted by Crippen LogP contribution is -2.30. The van der Waals surface area contributed by atoms with Gasteiger partial charge >= 0.3 is 0 Å². The molecule has 0 aliphatic heterocycles. The molecule has 0 saturated heterocycles. The third kappa shape index (κ3) is 4.33. The summed E-state index contributed by atoms with van der Waals surface area (Å²) < 4.78 is 5.52. The molecule has 0 fully saturated rings. The maximum absolute atomic E-state index is 12.0. The smallest absolute Gasteiger partial charge is 0.265 e. The fourth-order valence-electron chi connectivity index (χ4n) is 1.73. The van der Waals surface area contributed by atoms with E-state index >= 15 is 0 Å². The Morgan fingerprint density at radius 3 is 2.71 bits per heavy atom. The lowest BCUT2D eigenvalue weighted by Gasteiger charge is -2.15. The van der Waals surface area contributed by atoms with Crippen molar-refractivity contribution in [3.05, 3.63) is 59.1 Å². The third-order valence-corrected chi connectivity index (χ3v) is 3.00. The summed E-state index contributed by atoms with van der Waals surface area (Å²) in [5.41, 5.74) is 1.10. The van der Waals surface area contributed by atoms with Gasteiger partial charge in [0.05, 0.1) is 0 Å². The van der Waals surface area contributed by atoms with Crippen molar-refractivity contribution in [3.63, 3.8) is 0 Å². The van der Waals surface area contributed by atoms with Crippen molar-refractivity contribution in [1.82, 2.24) is 0 Å². The van der Waals surface area contributed by atoms with E-state index in [0.717, 1.165) is 6.29 Å². The molecule has 21 heavy (non-hydrogen) atoms. The van der Waals surface area contributed by atoms with Crippen molar-refractivity contribution < 1.29 is 14.3 Å². The molecule has 0 radical (unpaired) electrons. The van der Waals surface area contributed by atoms with Crippen molar-refractivity contribution in [2.24, 2.45) is 0 Å². The lowest BCUT2D eigenvalue weighted by atomic mass is 10.2. The van der Waals surface area contributed by atoms with Crippen molar-refractivity contribution in [2.75, 3.05) is 5.32 Å². The Morgan fingerprint density at radius 2 is 2.00 bits per heavy atom. The Labute approximate surface area is 127 Å². The summed E-state index contributed by atoms with van der Waals surface area (Å²) in [4.78, 5) is 22.7. The first-order chi connectivity index (χ1) is 10.1. The fraction of sp³-hybridized carbons (Fsp3) is 0.125. The van der Waals surface area contributed by atoms with Gasteiger partial charge in [0.2, 0.25) is 0 Å². The molecule has 4 nitrogen and oxygen atoms in total. The molecular formula is C16H14ClNO3. The van der Waals surface area contributed by atoms with Crippen LogP contribution in [-0.4, -0.2) is 18.3 Å². The zero-order chi connectivity index (χ0) is 15.2. The van der Waals surface area contributed by atoms with Crippen molar-refractivity contribution in [2.45, 2.75) is 13.0 Å². The highest BCUT2D eigenvalue weighted by atomic mass is 35.5. The predicted octanol–water partition coefficient (Wildman–Crippen LogP) is 3.56. The van der Waals surface area contributed by atoms with E-state index in [2.05, 4.69) is 5.32 Å². The second-order valence-corrected chi connectivity index (χ2v) is 4.89. The molecule has 108 valence electrons. The predicted molar refractivity (Wildman–Crippen MR) is 82.0 cm³/mol. The molecule has 0 saturated carbocycles. The highest BCUT2D eigenvalue weighted by Crippen LogP contribution is 2.17. The van der Waals surface area contributed by atoms with Gasteiger partial charge < -0.3 is 10.1 Å². The minimum absolute atomic E-state index is 0.297. The first-order valence-corrected chi connectivity index (χ1v) is 6.74. The SMILES string of the molecule is CC(Oc1cccc(C=O)c1)C(=O)Nc1cccc(Cl)c1. The molecule has 0 bridgehead atoms. The molecule has 0 aromatic heterocycles. The van der Waals surface area contributed by atoms with Gasteiger partial charge in [-0.3, -0.25) is 9.59 Å². The van der Waals surface area contributed by atoms with Gasteiger partial charge in [0, 0.05) is 16.3 Å². The minimum atomic E-state index is -0.703. The molecule has 2 aromatic carbocycles. The summed E-state index contributed by atoms with van der Waals surface area (Å²) in [5, 5.41) is 3.26. The largest absolute Gasteiger partial charge is 0.481 e. The van der Waals surface area contributed by atoms with Crippen LogP contribution in [0.1, 0.15) is 17.3 Å². The molecule has 0 spiro atoms. The summed E-state index contributed by atoms with van der Waals surface area (Å²) in [6.07, 6.45) is 0.0229. The van der Waals surface area contributed by atoms with Gasteiger partial charge in [-0.05, 0) is 37.3 Å². The van der Waals surface area contributed by atoms with Gasteiger partial charge in [-0.15, -0.1) is 0 Å². The molecule has 1 amide bonds. The van der Waals surface area contributed by atoms with E-state index in [1.54, 1.807) is 55.5 Å². The summed E-state index contributed by atoms with van der Waals surface area (Å²) >= 11 is 5.86. The van der Waals surface area contributed by atoms with Crippen LogP contribution in [0.5, 0.6) is 5.75 Å². The quantitative estimate of drug-likeness (QED) is 0.859. The second kappa shape index (κ2) is 6.90. The van der Waals surface area contributed by atoms with Crippen molar-refractivity contribution >= 4 is 29.5 Å². The van der Waals surface area contributed by atoms with Gasteiger partial charge in [-0.1, -0.05) is 29.8 Å². The lowest BCUT2D eigenvalue weighted by molar-refractivity contribution is -0.122. The molecule has 1 N–H and O–H groups in total. The van der Waals surface area contributed by atoms with E-state index < -0.39 is 6.10 Å². The van der Waals surface area contributed by atoms with Crippen molar-refractivity contribution in [1.29, 1.82) is 0 Å². The molecule has 0 aliphatic rings. The van der Waals surface area contributed by atoms with E-state index in [1.807, 2.05) is 0 Å². The second-order valence-electron chi connectivity index (χ2n) is 4.45. The molecule has 2 rings (SSSR count). The van der Waals surface area contributed by atoms with E-state index in [9.17, 15) is 9.59 Å². The number of rotatable bonds is 5. The van der Waals surface area contributed by atoms with E-state index in [0.29, 0.717) is 22.0 Å². The van der Waals surface area contributed by atoms with Gasteiger partial charge in [0.25, 0.3) is 5.91 Å². The maximum Gasteiger partial charge on any atom is 0.265 e. The summed E-state index contributed by atoms with van der Waals surface area (Å²) in [7, 11) is 0. The maximum atomic E-state index is 12.0. The zero-order valence-electron chi connectivity index (χ0n) is 11.4.